The Hall–Kier alpha value is -2.49. The quantitative estimate of drug-likeness (QED) is 0.554. The van der Waals surface area contributed by atoms with Gasteiger partial charge in [0.15, 0.2) is 0 Å². The van der Waals surface area contributed by atoms with Crippen molar-refractivity contribution >= 4 is 43.2 Å². The molecule has 7 nitrogen and oxygen atoms in total. The van der Waals surface area contributed by atoms with E-state index >= 15 is 0 Å². The molecule has 4 rings (SSSR count). The highest BCUT2D eigenvalue weighted by molar-refractivity contribution is 7.89. The molecule has 1 amide bonds. The van der Waals surface area contributed by atoms with Crippen LogP contribution in [-0.2, 0) is 14.8 Å². The third-order valence-corrected chi connectivity index (χ3v) is 8.67. The molecule has 0 saturated carbocycles. The van der Waals surface area contributed by atoms with Crippen molar-refractivity contribution in [2.75, 3.05) is 24.5 Å². The van der Waals surface area contributed by atoms with Crippen LogP contribution in [0.4, 0.5) is 5.69 Å². The molecule has 1 aromatic heterocycles. The smallest absolute Gasteiger partial charge is 0.241 e. The Kier molecular flexibility index (Phi) is 6.98. The van der Waals surface area contributed by atoms with Crippen LogP contribution in [0.5, 0.6) is 0 Å². The molecule has 1 saturated heterocycles. The van der Waals surface area contributed by atoms with Crippen molar-refractivity contribution in [3.8, 4) is 0 Å². The van der Waals surface area contributed by atoms with E-state index in [0.29, 0.717) is 19.6 Å². The van der Waals surface area contributed by atoms with Crippen LogP contribution in [0.15, 0.2) is 47.4 Å². The van der Waals surface area contributed by atoms with Crippen LogP contribution in [-0.4, -0.2) is 55.9 Å². The van der Waals surface area contributed by atoms with Gasteiger partial charge in [-0.15, -0.1) is 11.3 Å². The Morgan fingerprint density at radius 2 is 1.82 bits per heavy atom. The number of hydrogen-bond donors (Lipinski definition) is 1. The fourth-order valence-corrected chi connectivity index (χ4v) is 6.67. The summed E-state index contributed by atoms with van der Waals surface area (Å²) in [6.07, 6.45) is 0. The van der Waals surface area contributed by atoms with Gasteiger partial charge in [-0.25, -0.2) is 13.4 Å². The van der Waals surface area contributed by atoms with Crippen LogP contribution in [0.2, 0.25) is 0 Å². The number of anilines is 1. The maximum atomic E-state index is 13.5. The van der Waals surface area contributed by atoms with Gasteiger partial charge in [0.25, 0.3) is 0 Å². The lowest BCUT2D eigenvalue weighted by Crippen LogP contribution is -2.59. The third-order valence-electron chi connectivity index (χ3n) is 6.30. The highest BCUT2D eigenvalue weighted by atomic mass is 32.2. The molecule has 0 radical (unpaired) electrons. The molecule has 0 spiro atoms. The molecular weight excluding hydrogens is 468 g/mol. The van der Waals surface area contributed by atoms with Crippen molar-refractivity contribution in [1.29, 1.82) is 0 Å². The van der Waals surface area contributed by atoms with E-state index in [1.165, 1.54) is 16.9 Å². The summed E-state index contributed by atoms with van der Waals surface area (Å²) in [6, 6.07) is 12.6. The van der Waals surface area contributed by atoms with Gasteiger partial charge in [-0.1, -0.05) is 31.5 Å². The summed E-state index contributed by atoms with van der Waals surface area (Å²) in [7, 11) is -3.87. The Morgan fingerprint density at radius 3 is 2.47 bits per heavy atom. The van der Waals surface area contributed by atoms with Crippen LogP contribution in [0.1, 0.15) is 31.3 Å². The van der Waals surface area contributed by atoms with Crippen molar-refractivity contribution in [3.63, 3.8) is 0 Å². The molecule has 1 aliphatic rings. The largest absolute Gasteiger partial charge is 0.365 e. The second-order valence-electron chi connectivity index (χ2n) is 9.37. The number of thiazole rings is 1. The highest BCUT2D eigenvalue weighted by Gasteiger charge is 2.35. The van der Waals surface area contributed by atoms with Crippen LogP contribution in [0.3, 0.4) is 0 Å². The van der Waals surface area contributed by atoms with Crippen molar-refractivity contribution in [3.05, 3.63) is 53.0 Å². The van der Waals surface area contributed by atoms with Gasteiger partial charge in [0.05, 0.1) is 20.1 Å². The van der Waals surface area contributed by atoms with Crippen LogP contribution >= 0.6 is 11.3 Å². The second-order valence-corrected chi connectivity index (χ2v) is 12.3. The minimum absolute atomic E-state index is 0.127. The van der Waals surface area contributed by atoms with E-state index in [0.717, 1.165) is 20.9 Å². The maximum Gasteiger partial charge on any atom is 0.241 e. The topological polar surface area (TPSA) is 82.6 Å². The van der Waals surface area contributed by atoms with Gasteiger partial charge in [0, 0.05) is 31.4 Å². The van der Waals surface area contributed by atoms with Crippen molar-refractivity contribution < 1.29 is 13.2 Å². The van der Waals surface area contributed by atoms with E-state index in [2.05, 4.69) is 52.7 Å². The van der Waals surface area contributed by atoms with E-state index in [4.69, 9.17) is 0 Å². The fraction of sp³-hybridized carbons (Fsp3) is 0.440. The summed E-state index contributed by atoms with van der Waals surface area (Å²) >= 11 is 1.45. The molecule has 1 N–H and O–H groups in total. The number of carbonyl (C=O) groups is 1. The van der Waals surface area contributed by atoms with Gasteiger partial charge < -0.3 is 9.80 Å². The molecular formula is C25H32N4O3S2. The molecule has 1 fully saturated rings. The number of rotatable bonds is 6. The molecule has 0 bridgehead atoms. The number of sulfonamides is 1. The second kappa shape index (κ2) is 9.64. The van der Waals surface area contributed by atoms with Gasteiger partial charge in [-0.3, -0.25) is 4.79 Å². The number of aromatic nitrogens is 1. The van der Waals surface area contributed by atoms with Gasteiger partial charge in [-0.05, 0) is 57.0 Å². The molecule has 34 heavy (non-hydrogen) atoms. The van der Waals surface area contributed by atoms with Gasteiger partial charge in [0.2, 0.25) is 15.9 Å². The summed E-state index contributed by atoms with van der Waals surface area (Å²) < 4.78 is 29.9. The number of fused-ring (bicyclic) bond motifs is 1. The molecule has 2 heterocycles. The predicted octanol–water partition coefficient (Wildman–Crippen LogP) is 3.95. The van der Waals surface area contributed by atoms with E-state index in [-0.39, 0.29) is 22.8 Å². The molecule has 0 aliphatic carbocycles. The summed E-state index contributed by atoms with van der Waals surface area (Å²) in [6.45, 7) is 11.6. The zero-order chi connectivity index (χ0) is 24.6. The minimum atomic E-state index is -3.87. The number of carbonyl (C=O) groups excluding carboxylic acids is 1. The van der Waals surface area contributed by atoms with Crippen LogP contribution < -0.4 is 9.62 Å². The SMILES string of the molecule is Cc1ccc(N2CCN(C(=O)[C@@H](NS(=O)(=O)c3ccc4nc(C)sc4c3)C(C)C)C[C@@H]2C)cc1. The van der Waals surface area contributed by atoms with E-state index in [9.17, 15) is 13.2 Å². The van der Waals surface area contributed by atoms with Crippen molar-refractivity contribution in [2.45, 2.75) is 51.6 Å². The number of amides is 1. The monoisotopic (exact) mass is 500 g/mol. The first-order valence-electron chi connectivity index (χ1n) is 11.6. The van der Waals surface area contributed by atoms with E-state index in [1.807, 2.05) is 20.8 Å². The van der Waals surface area contributed by atoms with Gasteiger partial charge in [0.1, 0.15) is 6.04 Å². The Bertz CT molecular complexity index is 1290. The average Bonchev–Trinajstić information content (AvgIpc) is 3.17. The summed E-state index contributed by atoms with van der Waals surface area (Å²) in [4.78, 5) is 22.1. The van der Waals surface area contributed by atoms with Gasteiger partial charge >= 0.3 is 0 Å². The number of piperazine rings is 1. The maximum absolute atomic E-state index is 13.5. The first-order valence-corrected chi connectivity index (χ1v) is 13.9. The molecule has 0 unspecified atom stereocenters. The standard InChI is InChI=1S/C25H32N4O3S2/c1-16(2)24(27-34(31,32)21-10-11-22-23(14-21)33-19(5)26-22)25(30)28-12-13-29(18(4)15-28)20-8-6-17(3)7-9-20/h6-11,14,16,18,24,27H,12-13,15H2,1-5H3/t18-,24-/m0/s1. The predicted molar refractivity (Wildman–Crippen MR) is 138 cm³/mol. The van der Waals surface area contributed by atoms with Gasteiger partial charge in [-0.2, -0.15) is 4.72 Å². The molecule has 9 heteroatoms. The Morgan fingerprint density at radius 1 is 1.12 bits per heavy atom. The van der Waals surface area contributed by atoms with E-state index < -0.39 is 16.1 Å². The number of hydrogen-bond acceptors (Lipinski definition) is 6. The van der Waals surface area contributed by atoms with Crippen molar-refractivity contribution in [2.24, 2.45) is 5.92 Å². The molecule has 182 valence electrons. The number of benzene rings is 2. The van der Waals surface area contributed by atoms with Crippen LogP contribution in [0.25, 0.3) is 10.2 Å². The number of nitrogens with zero attached hydrogens (tertiary/aromatic N) is 3. The fourth-order valence-electron chi connectivity index (χ4n) is 4.37. The first kappa shape index (κ1) is 24.6. The third kappa shape index (κ3) is 5.11. The lowest BCUT2D eigenvalue weighted by molar-refractivity contribution is -0.134. The molecule has 2 aromatic carbocycles. The molecule has 1 aliphatic heterocycles. The zero-order valence-corrected chi connectivity index (χ0v) is 21.9. The normalized spacial score (nSPS) is 18.0. The van der Waals surface area contributed by atoms with E-state index in [1.54, 1.807) is 23.1 Å². The summed E-state index contributed by atoms with van der Waals surface area (Å²) in [5, 5.41) is 0.881. The Balaban J connectivity index is 1.49. The summed E-state index contributed by atoms with van der Waals surface area (Å²) in [5.41, 5.74) is 3.13. The average molecular weight is 501 g/mol. The highest BCUT2D eigenvalue weighted by Crippen LogP contribution is 2.26. The minimum Gasteiger partial charge on any atom is -0.365 e. The summed E-state index contributed by atoms with van der Waals surface area (Å²) in [5.74, 6) is -0.370. The number of nitrogens with one attached hydrogen (secondary N) is 1. The Labute approximate surface area is 205 Å². The lowest BCUT2D eigenvalue weighted by Gasteiger charge is -2.42. The van der Waals surface area contributed by atoms with Crippen molar-refractivity contribution in [1.82, 2.24) is 14.6 Å². The molecule has 2 atom stereocenters. The first-order chi connectivity index (χ1) is 16.0. The lowest BCUT2D eigenvalue weighted by atomic mass is 10.0. The zero-order valence-electron chi connectivity index (χ0n) is 20.3. The molecule has 3 aromatic rings. The van der Waals surface area contributed by atoms with Crippen LogP contribution in [0, 0.1) is 19.8 Å². The number of aryl methyl sites for hydroxylation is 2.